The molecule has 1 rings (SSSR count). The second-order valence-electron chi connectivity index (χ2n) is 4.07. The number of carbonyl (C=O) groups is 2. The average Bonchev–Trinajstić information content (AvgIpc) is 2.29. The molecule has 0 unspecified atom stereocenters. The Bertz CT molecular complexity index is 235. The van der Waals surface area contributed by atoms with Gasteiger partial charge in [0.25, 0.3) is 0 Å². The fourth-order valence-electron chi connectivity index (χ4n) is 2.03. The molecule has 0 radical (unpaired) electrons. The van der Waals surface area contributed by atoms with Crippen molar-refractivity contribution in [3.63, 3.8) is 0 Å². The van der Waals surface area contributed by atoms with Crippen molar-refractivity contribution in [1.29, 1.82) is 0 Å². The van der Waals surface area contributed by atoms with E-state index in [2.05, 4.69) is 12.2 Å². The number of nitrogens with one attached hydrogen (secondary N) is 2. The van der Waals surface area contributed by atoms with Crippen molar-refractivity contribution in [2.45, 2.75) is 45.1 Å². The second kappa shape index (κ2) is 5.70. The van der Waals surface area contributed by atoms with E-state index in [1.165, 1.54) is 6.42 Å². The van der Waals surface area contributed by atoms with Crippen molar-refractivity contribution in [2.24, 2.45) is 11.8 Å². The van der Waals surface area contributed by atoms with Gasteiger partial charge in [0.05, 0.1) is 0 Å². The summed E-state index contributed by atoms with van der Waals surface area (Å²) in [5.74, 6) is 4.24. The maximum Gasteiger partial charge on any atom is 0.323 e. The Morgan fingerprint density at radius 1 is 1.20 bits per heavy atom. The molecule has 5 nitrogen and oxygen atoms in total. The summed E-state index contributed by atoms with van der Waals surface area (Å²) in [5.41, 5.74) is 1.82. The quantitative estimate of drug-likeness (QED) is 0.262. The zero-order valence-electron chi connectivity index (χ0n) is 9.08. The topological polar surface area (TPSA) is 84.2 Å². The number of amides is 2. The molecule has 0 atom stereocenters. The normalized spacial score (nSPS) is 25.7. The third-order valence-electron chi connectivity index (χ3n) is 3.10. The van der Waals surface area contributed by atoms with Crippen LogP contribution in [0.2, 0.25) is 0 Å². The molecule has 0 heterocycles. The van der Waals surface area contributed by atoms with E-state index in [0.29, 0.717) is 0 Å². The van der Waals surface area contributed by atoms with Gasteiger partial charge in [0.1, 0.15) is 0 Å². The lowest BCUT2D eigenvalue weighted by atomic mass is 9.84. The lowest BCUT2D eigenvalue weighted by Gasteiger charge is -2.28. The predicted octanol–water partition coefficient (Wildman–Crippen LogP) is 0.0613. The first kappa shape index (κ1) is 12.0. The molecule has 0 saturated heterocycles. The van der Waals surface area contributed by atoms with Crippen LogP contribution in [0.4, 0.5) is 0 Å². The summed E-state index contributed by atoms with van der Waals surface area (Å²) >= 11 is 0. The molecule has 0 spiro atoms. The Morgan fingerprint density at radius 3 is 2.27 bits per heavy atom. The molecule has 1 aliphatic rings. The van der Waals surface area contributed by atoms with Crippen LogP contribution >= 0.6 is 0 Å². The minimum Gasteiger partial charge on any atom is -0.345 e. The summed E-state index contributed by atoms with van der Waals surface area (Å²) in [7, 11) is 0. The summed E-state index contributed by atoms with van der Waals surface area (Å²) < 4.78 is 0. The smallest absolute Gasteiger partial charge is 0.323 e. The van der Waals surface area contributed by atoms with E-state index in [1.807, 2.05) is 5.43 Å². The van der Waals surface area contributed by atoms with Gasteiger partial charge in [-0.15, -0.1) is 0 Å². The number of hydrazine groups is 1. The number of nitrogens with two attached hydrogens (primary N) is 1. The van der Waals surface area contributed by atoms with E-state index in [4.69, 9.17) is 5.84 Å². The van der Waals surface area contributed by atoms with Crippen LogP contribution in [-0.2, 0) is 9.59 Å². The highest BCUT2D eigenvalue weighted by atomic mass is 16.2. The van der Waals surface area contributed by atoms with Crippen LogP contribution in [-0.4, -0.2) is 17.9 Å². The maximum atomic E-state index is 11.2. The summed E-state index contributed by atoms with van der Waals surface area (Å²) in [6.45, 7) is 2.19. The van der Waals surface area contributed by atoms with Gasteiger partial charge in [-0.25, -0.2) is 5.84 Å². The van der Waals surface area contributed by atoms with Crippen LogP contribution in [0, 0.1) is 5.92 Å². The summed E-state index contributed by atoms with van der Waals surface area (Å²) in [6.07, 6.45) is 5.38. The Kier molecular flexibility index (Phi) is 4.55. The molecule has 15 heavy (non-hydrogen) atoms. The molecule has 2 amide bonds. The second-order valence-corrected chi connectivity index (χ2v) is 4.07. The van der Waals surface area contributed by atoms with Gasteiger partial charge >= 0.3 is 11.8 Å². The Labute approximate surface area is 89.8 Å². The van der Waals surface area contributed by atoms with Crippen LogP contribution in [0.15, 0.2) is 0 Å². The Morgan fingerprint density at radius 2 is 1.80 bits per heavy atom. The SMILES string of the molecule is CCC1CCC(NC(=O)C(=O)NN)CC1. The minimum absolute atomic E-state index is 0.137. The van der Waals surface area contributed by atoms with Crippen LogP contribution in [0.5, 0.6) is 0 Å². The Hall–Kier alpha value is -1.10. The first-order valence-electron chi connectivity index (χ1n) is 5.48. The molecule has 1 fully saturated rings. The van der Waals surface area contributed by atoms with E-state index in [-0.39, 0.29) is 6.04 Å². The van der Waals surface area contributed by atoms with E-state index >= 15 is 0 Å². The molecule has 0 aromatic carbocycles. The lowest BCUT2D eigenvalue weighted by molar-refractivity contribution is -0.139. The van der Waals surface area contributed by atoms with E-state index in [9.17, 15) is 9.59 Å². The van der Waals surface area contributed by atoms with Crippen LogP contribution in [0.1, 0.15) is 39.0 Å². The molecule has 5 heteroatoms. The van der Waals surface area contributed by atoms with Crippen molar-refractivity contribution in [3.05, 3.63) is 0 Å². The summed E-state index contributed by atoms with van der Waals surface area (Å²) in [6, 6.07) is 0.137. The summed E-state index contributed by atoms with van der Waals surface area (Å²) in [5, 5.41) is 2.68. The lowest BCUT2D eigenvalue weighted by Crippen LogP contribution is -2.47. The van der Waals surface area contributed by atoms with Gasteiger partial charge in [0.2, 0.25) is 0 Å². The van der Waals surface area contributed by atoms with Crippen molar-refractivity contribution >= 4 is 11.8 Å². The monoisotopic (exact) mass is 213 g/mol. The fourth-order valence-corrected chi connectivity index (χ4v) is 2.03. The molecule has 0 bridgehead atoms. The molecular weight excluding hydrogens is 194 g/mol. The van der Waals surface area contributed by atoms with E-state index in [0.717, 1.165) is 31.6 Å². The molecule has 1 aliphatic carbocycles. The standard InChI is InChI=1S/C10H19N3O2/c1-2-7-3-5-8(6-4-7)12-9(14)10(15)13-11/h7-8H,2-6,11H2,1H3,(H,12,14)(H,13,15). The number of hydrogen-bond acceptors (Lipinski definition) is 3. The molecule has 0 aliphatic heterocycles. The van der Waals surface area contributed by atoms with Crippen LogP contribution < -0.4 is 16.6 Å². The molecule has 1 saturated carbocycles. The Balaban J connectivity index is 2.29. The van der Waals surface area contributed by atoms with Gasteiger partial charge in [0.15, 0.2) is 0 Å². The fraction of sp³-hybridized carbons (Fsp3) is 0.800. The highest BCUT2D eigenvalue weighted by Gasteiger charge is 2.23. The first-order valence-corrected chi connectivity index (χ1v) is 5.48. The van der Waals surface area contributed by atoms with Gasteiger partial charge in [0, 0.05) is 6.04 Å². The van der Waals surface area contributed by atoms with Crippen molar-refractivity contribution < 1.29 is 9.59 Å². The third kappa shape index (κ3) is 3.51. The highest BCUT2D eigenvalue weighted by molar-refractivity contribution is 6.34. The molecule has 0 aromatic rings. The zero-order valence-corrected chi connectivity index (χ0v) is 9.08. The molecular formula is C10H19N3O2. The number of rotatable bonds is 2. The molecule has 86 valence electrons. The van der Waals surface area contributed by atoms with E-state index < -0.39 is 11.8 Å². The van der Waals surface area contributed by atoms with Gasteiger partial charge < -0.3 is 5.32 Å². The van der Waals surface area contributed by atoms with Crippen LogP contribution in [0.25, 0.3) is 0 Å². The van der Waals surface area contributed by atoms with Gasteiger partial charge in [-0.3, -0.25) is 15.0 Å². The minimum atomic E-state index is -0.771. The van der Waals surface area contributed by atoms with Crippen molar-refractivity contribution in [2.75, 3.05) is 0 Å². The maximum absolute atomic E-state index is 11.2. The van der Waals surface area contributed by atoms with Gasteiger partial charge in [-0.1, -0.05) is 13.3 Å². The highest BCUT2D eigenvalue weighted by Crippen LogP contribution is 2.26. The van der Waals surface area contributed by atoms with Gasteiger partial charge in [-0.05, 0) is 31.6 Å². The molecule has 0 aromatic heterocycles. The van der Waals surface area contributed by atoms with Crippen LogP contribution in [0.3, 0.4) is 0 Å². The number of hydrogen-bond donors (Lipinski definition) is 3. The van der Waals surface area contributed by atoms with E-state index in [1.54, 1.807) is 0 Å². The van der Waals surface area contributed by atoms with Crippen molar-refractivity contribution in [1.82, 2.24) is 10.7 Å². The zero-order chi connectivity index (χ0) is 11.3. The average molecular weight is 213 g/mol. The summed E-state index contributed by atoms with van der Waals surface area (Å²) in [4.78, 5) is 22.0. The first-order chi connectivity index (χ1) is 7.17. The van der Waals surface area contributed by atoms with Gasteiger partial charge in [-0.2, -0.15) is 0 Å². The largest absolute Gasteiger partial charge is 0.345 e. The third-order valence-corrected chi connectivity index (χ3v) is 3.10. The molecule has 4 N–H and O–H groups in total. The predicted molar refractivity (Wildman–Crippen MR) is 56.5 cm³/mol. The van der Waals surface area contributed by atoms with Crippen molar-refractivity contribution in [3.8, 4) is 0 Å². The number of carbonyl (C=O) groups excluding carboxylic acids is 2.